The predicted octanol–water partition coefficient (Wildman–Crippen LogP) is 2.44. The topological polar surface area (TPSA) is 75.0 Å². The zero-order valence-electron chi connectivity index (χ0n) is 10.5. The van der Waals surface area contributed by atoms with Gasteiger partial charge in [0, 0.05) is 24.8 Å². The highest BCUT2D eigenvalue weighted by Gasteiger charge is 2.18. The minimum Gasteiger partial charge on any atom is -0.504 e. The molecule has 0 aromatic carbocycles. The van der Waals surface area contributed by atoms with Crippen LogP contribution in [0.3, 0.4) is 0 Å². The zero-order chi connectivity index (χ0) is 13.8. The van der Waals surface area contributed by atoms with Crippen molar-refractivity contribution in [1.82, 2.24) is 19.9 Å². The van der Waals surface area contributed by atoms with Gasteiger partial charge in [0.25, 0.3) is 0 Å². The van der Waals surface area contributed by atoms with Gasteiger partial charge in [0.05, 0.1) is 6.20 Å². The van der Waals surface area contributed by atoms with Crippen LogP contribution in [-0.4, -0.2) is 25.0 Å². The molecule has 6 nitrogen and oxygen atoms in total. The van der Waals surface area contributed by atoms with Crippen LogP contribution in [-0.2, 0) is 0 Å². The van der Waals surface area contributed by atoms with Gasteiger partial charge in [0.2, 0.25) is 0 Å². The number of hydrogen-bond donors (Lipinski definition) is 1. The van der Waals surface area contributed by atoms with Crippen molar-refractivity contribution in [2.75, 3.05) is 4.90 Å². The zero-order valence-corrected chi connectivity index (χ0v) is 10.5. The molecule has 0 radical (unpaired) electrons. The van der Waals surface area contributed by atoms with Gasteiger partial charge in [-0.1, -0.05) is 6.07 Å². The van der Waals surface area contributed by atoms with Crippen molar-refractivity contribution in [2.24, 2.45) is 0 Å². The molecule has 0 aliphatic carbocycles. The third-order valence-electron chi connectivity index (χ3n) is 2.63. The Morgan fingerprint density at radius 2 is 1.65 bits per heavy atom. The molecule has 6 heteroatoms. The quantitative estimate of drug-likeness (QED) is 0.784. The molecule has 0 atom stereocenters. The highest BCUT2D eigenvalue weighted by Crippen LogP contribution is 2.34. The molecule has 3 aromatic rings. The van der Waals surface area contributed by atoms with Crippen LogP contribution in [0.1, 0.15) is 0 Å². The van der Waals surface area contributed by atoms with E-state index < -0.39 is 0 Å². The van der Waals surface area contributed by atoms with Crippen LogP contribution in [0.5, 0.6) is 5.75 Å². The normalized spacial score (nSPS) is 10.2. The molecule has 98 valence electrons. The van der Waals surface area contributed by atoms with E-state index in [1.54, 1.807) is 48.0 Å². The number of pyridine rings is 2. The summed E-state index contributed by atoms with van der Waals surface area (Å²) in [4.78, 5) is 18.4. The second-order valence-corrected chi connectivity index (χ2v) is 3.93. The van der Waals surface area contributed by atoms with Crippen molar-refractivity contribution >= 4 is 17.5 Å². The molecule has 3 aromatic heterocycles. The fourth-order valence-corrected chi connectivity index (χ4v) is 1.79. The fraction of sp³-hybridized carbons (Fsp3) is 0. The lowest BCUT2D eigenvalue weighted by atomic mass is 10.3. The maximum Gasteiger partial charge on any atom is 0.182 e. The van der Waals surface area contributed by atoms with Crippen LogP contribution in [0.15, 0.2) is 61.3 Å². The summed E-state index contributed by atoms with van der Waals surface area (Å²) in [7, 11) is 0. The van der Waals surface area contributed by atoms with Gasteiger partial charge in [0.1, 0.15) is 5.82 Å². The van der Waals surface area contributed by atoms with Gasteiger partial charge in [-0.05, 0) is 24.3 Å². The highest BCUT2D eigenvalue weighted by molar-refractivity contribution is 5.72. The number of rotatable bonds is 3. The number of anilines is 3. The van der Waals surface area contributed by atoms with Gasteiger partial charge in [-0.2, -0.15) is 0 Å². The second kappa shape index (κ2) is 5.31. The first-order chi connectivity index (χ1) is 9.86. The third kappa shape index (κ3) is 2.26. The Morgan fingerprint density at radius 1 is 0.800 bits per heavy atom. The van der Waals surface area contributed by atoms with E-state index in [2.05, 4.69) is 19.9 Å². The standard InChI is InChI=1S/C14H11N5O/c20-11-4-3-7-18-14(11)19(12-5-1-2-6-16-12)13-10-15-8-9-17-13/h1-10,20H. The summed E-state index contributed by atoms with van der Waals surface area (Å²) in [5.41, 5.74) is 0. The highest BCUT2D eigenvalue weighted by atomic mass is 16.3. The maximum absolute atomic E-state index is 10.0. The molecule has 3 rings (SSSR count). The fourth-order valence-electron chi connectivity index (χ4n) is 1.79. The van der Waals surface area contributed by atoms with E-state index in [9.17, 15) is 5.11 Å². The van der Waals surface area contributed by atoms with Crippen LogP contribution >= 0.6 is 0 Å². The minimum atomic E-state index is 0.0452. The molecule has 1 N–H and O–H groups in total. The lowest BCUT2D eigenvalue weighted by Gasteiger charge is -2.21. The predicted molar refractivity (Wildman–Crippen MR) is 74.0 cm³/mol. The van der Waals surface area contributed by atoms with Crippen molar-refractivity contribution in [3.8, 4) is 5.75 Å². The molecule has 0 saturated heterocycles. The Morgan fingerprint density at radius 3 is 2.35 bits per heavy atom. The average Bonchev–Trinajstić information content (AvgIpc) is 2.52. The first kappa shape index (κ1) is 12.0. The van der Waals surface area contributed by atoms with Gasteiger partial charge in [-0.15, -0.1) is 0 Å². The molecular formula is C14H11N5O. The van der Waals surface area contributed by atoms with Crippen LogP contribution < -0.4 is 4.90 Å². The van der Waals surface area contributed by atoms with E-state index >= 15 is 0 Å². The van der Waals surface area contributed by atoms with E-state index in [0.717, 1.165) is 0 Å². The maximum atomic E-state index is 10.0. The van der Waals surface area contributed by atoms with Crippen molar-refractivity contribution < 1.29 is 5.11 Å². The summed E-state index contributed by atoms with van der Waals surface area (Å²) in [5.74, 6) is 1.53. The molecule has 0 unspecified atom stereocenters. The SMILES string of the molecule is Oc1cccnc1N(c1ccccn1)c1cnccn1. The molecule has 0 aliphatic rings. The molecular weight excluding hydrogens is 254 g/mol. The van der Waals surface area contributed by atoms with E-state index in [1.165, 1.54) is 0 Å². The van der Waals surface area contributed by atoms with Crippen LogP contribution in [0, 0.1) is 0 Å². The number of aromatic hydroxyl groups is 1. The smallest absolute Gasteiger partial charge is 0.182 e. The van der Waals surface area contributed by atoms with Crippen molar-refractivity contribution in [3.63, 3.8) is 0 Å². The number of nitrogens with zero attached hydrogens (tertiary/aromatic N) is 5. The molecule has 0 spiro atoms. The Kier molecular flexibility index (Phi) is 3.20. The first-order valence-electron chi connectivity index (χ1n) is 5.97. The second-order valence-electron chi connectivity index (χ2n) is 3.93. The molecule has 0 amide bonds. The largest absolute Gasteiger partial charge is 0.504 e. The van der Waals surface area contributed by atoms with Gasteiger partial charge < -0.3 is 5.11 Å². The molecule has 0 fully saturated rings. The van der Waals surface area contributed by atoms with E-state index in [-0.39, 0.29) is 5.75 Å². The summed E-state index contributed by atoms with van der Waals surface area (Å²) in [6, 6.07) is 8.70. The molecule has 20 heavy (non-hydrogen) atoms. The summed E-state index contributed by atoms with van der Waals surface area (Å²) >= 11 is 0. The summed E-state index contributed by atoms with van der Waals surface area (Å²) < 4.78 is 0. The molecule has 0 bridgehead atoms. The van der Waals surface area contributed by atoms with Gasteiger partial charge >= 0.3 is 0 Å². The lowest BCUT2D eigenvalue weighted by Crippen LogP contribution is -2.14. The lowest BCUT2D eigenvalue weighted by molar-refractivity contribution is 0.474. The Hall–Kier alpha value is -3.02. The van der Waals surface area contributed by atoms with Crippen molar-refractivity contribution in [3.05, 3.63) is 61.3 Å². The van der Waals surface area contributed by atoms with E-state index in [0.29, 0.717) is 17.5 Å². The van der Waals surface area contributed by atoms with Gasteiger partial charge in [-0.25, -0.2) is 15.0 Å². The number of hydrogen-bond acceptors (Lipinski definition) is 6. The molecule has 0 aliphatic heterocycles. The average molecular weight is 265 g/mol. The monoisotopic (exact) mass is 265 g/mol. The Balaban J connectivity index is 2.17. The van der Waals surface area contributed by atoms with Crippen LogP contribution in [0.4, 0.5) is 17.5 Å². The van der Waals surface area contributed by atoms with Crippen LogP contribution in [0.2, 0.25) is 0 Å². The van der Waals surface area contributed by atoms with Crippen LogP contribution in [0.25, 0.3) is 0 Å². The van der Waals surface area contributed by atoms with Gasteiger partial charge in [0.15, 0.2) is 17.4 Å². The molecule has 0 saturated carbocycles. The van der Waals surface area contributed by atoms with E-state index in [4.69, 9.17) is 0 Å². The molecule has 3 heterocycles. The Bertz CT molecular complexity index is 651. The first-order valence-corrected chi connectivity index (χ1v) is 5.97. The summed E-state index contributed by atoms with van der Waals surface area (Å²) in [5, 5.41) is 10.0. The summed E-state index contributed by atoms with van der Waals surface area (Å²) in [6.07, 6.45) is 8.01. The van der Waals surface area contributed by atoms with Crippen molar-refractivity contribution in [2.45, 2.75) is 0 Å². The van der Waals surface area contributed by atoms with E-state index in [1.807, 2.05) is 18.2 Å². The Labute approximate surface area is 115 Å². The van der Waals surface area contributed by atoms with Crippen molar-refractivity contribution in [1.29, 1.82) is 0 Å². The minimum absolute atomic E-state index is 0.0452. The summed E-state index contributed by atoms with van der Waals surface area (Å²) in [6.45, 7) is 0. The van der Waals surface area contributed by atoms with Gasteiger partial charge in [-0.3, -0.25) is 9.88 Å². The third-order valence-corrected chi connectivity index (χ3v) is 2.63. The number of aromatic nitrogens is 4.